The van der Waals surface area contributed by atoms with Gasteiger partial charge in [-0.3, -0.25) is 4.79 Å². The van der Waals surface area contributed by atoms with Gasteiger partial charge in [-0.1, -0.05) is 28.1 Å². The van der Waals surface area contributed by atoms with Crippen molar-refractivity contribution in [1.82, 2.24) is 5.32 Å². The Morgan fingerprint density at radius 2 is 1.74 bits per heavy atom. The zero-order valence-electron chi connectivity index (χ0n) is 11.4. The zero-order valence-corrected chi connectivity index (χ0v) is 13.8. The second kappa shape index (κ2) is 5.63. The fourth-order valence-corrected chi connectivity index (χ4v) is 2.25. The second-order valence-corrected chi connectivity index (χ2v) is 8.37. The number of nitrogens with one attached hydrogen (secondary N) is 1. The van der Waals surface area contributed by atoms with Crippen molar-refractivity contribution in [2.75, 3.05) is 6.26 Å². The Morgan fingerprint density at radius 1 is 1.26 bits per heavy atom. The Bertz CT molecular complexity index is 564. The monoisotopic (exact) mass is 347 g/mol. The van der Waals surface area contributed by atoms with Crippen molar-refractivity contribution in [1.29, 1.82) is 0 Å². The second-order valence-electron chi connectivity index (χ2n) is 5.09. The van der Waals surface area contributed by atoms with Crippen LogP contribution in [0.2, 0.25) is 0 Å². The number of rotatable bonds is 4. The highest BCUT2D eigenvalue weighted by molar-refractivity contribution is 9.10. The summed E-state index contributed by atoms with van der Waals surface area (Å²) in [5, 5.41) is 1.71. The van der Waals surface area contributed by atoms with Crippen LogP contribution in [0.3, 0.4) is 0 Å². The van der Waals surface area contributed by atoms with Crippen LogP contribution in [0.5, 0.6) is 0 Å². The molecule has 1 atom stereocenters. The van der Waals surface area contributed by atoms with Gasteiger partial charge in [0, 0.05) is 10.7 Å². The summed E-state index contributed by atoms with van der Waals surface area (Å²) < 4.78 is 23.7. The smallest absolute Gasteiger partial charge is 0.238 e. The minimum absolute atomic E-state index is 0.490. The first-order chi connectivity index (χ1) is 8.54. The van der Waals surface area contributed by atoms with Crippen LogP contribution in [-0.4, -0.2) is 25.8 Å². The van der Waals surface area contributed by atoms with Crippen LogP contribution in [-0.2, 0) is 20.2 Å². The Kier molecular flexibility index (Phi) is 4.79. The van der Waals surface area contributed by atoms with Crippen LogP contribution in [0, 0.1) is 0 Å². The highest BCUT2D eigenvalue weighted by atomic mass is 79.9. The van der Waals surface area contributed by atoms with E-state index in [1.165, 1.54) is 6.92 Å². The van der Waals surface area contributed by atoms with E-state index in [1.807, 2.05) is 38.1 Å². The van der Waals surface area contributed by atoms with Crippen LogP contribution < -0.4 is 5.32 Å². The lowest BCUT2D eigenvalue weighted by Gasteiger charge is -2.28. The SMILES string of the molecule is C[C@@H](C(=O)NC(C)(C)c1ccc(Br)cc1)S(C)(=O)=O. The standard InChI is InChI=1S/C13H18BrNO3S/c1-9(19(4,17)18)12(16)15-13(2,3)10-5-7-11(14)8-6-10/h5-9H,1-4H3,(H,15,16)/t9-/m0/s1. The first-order valence-corrected chi connectivity index (χ1v) is 8.56. The van der Waals surface area contributed by atoms with E-state index in [2.05, 4.69) is 21.2 Å². The number of carbonyl (C=O) groups excluding carboxylic acids is 1. The average molecular weight is 348 g/mol. The first-order valence-electron chi connectivity index (χ1n) is 5.81. The van der Waals surface area contributed by atoms with Gasteiger partial charge in [0.05, 0.1) is 5.54 Å². The predicted molar refractivity (Wildman–Crippen MR) is 79.6 cm³/mol. The van der Waals surface area contributed by atoms with Gasteiger partial charge in [-0.25, -0.2) is 8.42 Å². The van der Waals surface area contributed by atoms with Crippen molar-refractivity contribution in [3.63, 3.8) is 0 Å². The van der Waals surface area contributed by atoms with Gasteiger partial charge in [-0.2, -0.15) is 0 Å². The van der Waals surface area contributed by atoms with Crippen molar-refractivity contribution in [3.05, 3.63) is 34.3 Å². The molecule has 1 rings (SSSR count). The molecular weight excluding hydrogens is 330 g/mol. The molecule has 0 saturated heterocycles. The zero-order chi connectivity index (χ0) is 14.8. The Labute approximate surface area is 122 Å². The minimum atomic E-state index is -3.38. The van der Waals surface area contributed by atoms with E-state index in [0.717, 1.165) is 16.3 Å². The molecule has 6 heteroatoms. The quantitative estimate of drug-likeness (QED) is 0.908. The van der Waals surface area contributed by atoms with Crippen LogP contribution in [0.15, 0.2) is 28.7 Å². The Hall–Kier alpha value is -0.880. The van der Waals surface area contributed by atoms with Gasteiger partial charge in [-0.15, -0.1) is 0 Å². The molecule has 1 aromatic rings. The summed E-state index contributed by atoms with van der Waals surface area (Å²) in [6.07, 6.45) is 1.06. The van der Waals surface area contributed by atoms with Gasteiger partial charge in [0.15, 0.2) is 9.84 Å². The Morgan fingerprint density at radius 3 is 2.16 bits per heavy atom. The van der Waals surface area contributed by atoms with Crippen LogP contribution >= 0.6 is 15.9 Å². The maximum Gasteiger partial charge on any atom is 0.238 e. The van der Waals surface area contributed by atoms with E-state index in [9.17, 15) is 13.2 Å². The molecule has 1 aromatic carbocycles. The number of carbonyl (C=O) groups is 1. The van der Waals surface area contributed by atoms with E-state index in [1.54, 1.807) is 0 Å². The van der Waals surface area contributed by atoms with E-state index in [0.29, 0.717) is 0 Å². The maximum atomic E-state index is 11.9. The molecule has 1 N–H and O–H groups in total. The molecule has 0 aliphatic heterocycles. The predicted octanol–water partition coefficient (Wildman–Crippen LogP) is 2.23. The van der Waals surface area contributed by atoms with Gasteiger partial charge >= 0.3 is 0 Å². The molecule has 4 nitrogen and oxygen atoms in total. The van der Waals surface area contributed by atoms with E-state index in [-0.39, 0.29) is 0 Å². The van der Waals surface area contributed by atoms with Gasteiger partial charge in [-0.05, 0) is 38.5 Å². The Balaban J connectivity index is 2.91. The molecule has 1 amide bonds. The summed E-state index contributed by atoms with van der Waals surface area (Å²) in [5.41, 5.74) is 0.279. The third-order valence-corrected chi connectivity index (χ3v) is 5.04. The van der Waals surface area contributed by atoms with Crippen LogP contribution in [0.1, 0.15) is 26.3 Å². The molecule has 0 aromatic heterocycles. The van der Waals surface area contributed by atoms with Gasteiger partial charge in [0.2, 0.25) is 5.91 Å². The van der Waals surface area contributed by atoms with Crippen molar-refractivity contribution < 1.29 is 13.2 Å². The largest absolute Gasteiger partial charge is 0.346 e. The third-order valence-electron chi connectivity index (χ3n) is 3.01. The summed E-state index contributed by atoms with van der Waals surface area (Å²) in [6.45, 7) is 5.06. The molecule has 0 saturated carbocycles. The van der Waals surface area contributed by atoms with Gasteiger partial charge in [0.1, 0.15) is 5.25 Å². The fraction of sp³-hybridized carbons (Fsp3) is 0.462. The lowest BCUT2D eigenvalue weighted by Crippen LogP contribution is -2.47. The van der Waals surface area contributed by atoms with Crippen LogP contribution in [0.25, 0.3) is 0 Å². The summed E-state index contributed by atoms with van der Waals surface area (Å²) in [5.74, 6) is -0.490. The number of sulfone groups is 1. The summed E-state index contributed by atoms with van der Waals surface area (Å²) >= 11 is 3.35. The third kappa shape index (κ3) is 4.31. The molecule has 0 unspecified atom stereocenters. The molecule has 0 aliphatic rings. The van der Waals surface area contributed by atoms with Crippen molar-refractivity contribution in [3.8, 4) is 0 Å². The molecule has 0 bridgehead atoms. The van der Waals surface area contributed by atoms with E-state index >= 15 is 0 Å². The molecule has 106 valence electrons. The lowest BCUT2D eigenvalue weighted by atomic mass is 9.94. The number of halogens is 1. The molecule has 0 aliphatic carbocycles. The van der Waals surface area contributed by atoms with E-state index < -0.39 is 26.5 Å². The number of amides is 1. The first kappa shape index (κ1) is 16.2. The average Bonchev–Trinajstić information content (AvgIpc) is 2.26. The highest BCUT2D eigenvalue weighted by Gasteiger charge is 2.29. The highest BCUT2D eigenvalue weighted by Crippen LogP contribution is 2.22. The number of hydrogen-bond donors (Lipinski definition) is 1. The van der Waals surface area contributed by atoms with Crippen LogP contribution in [0.4, 0.5) is 0 Å². The van der Waals surface area contributed by atoms with Gasteiger partial charge in [0.25, 0.3) is 0 Å². The van der Waals surface area contributed by atoms with Crippen molar-refractivity contribution >= 4 is 31.7 Å². The summed E-state index contributed by atoms with van der Waals surface area (Å²) in [4.78, 5) is 11.9. The lowest BCUT2D eigenvalue weighted by molar-refractivity contribution is -0.122. The molecule has 0 spiro atoms. The molecule has 0 fully saturated rings. The number of hydrogen-bond acceptors (Lipinski definition) is 3. The fourth-order valence-electron chi connectivity index (χ4n) is 1.54. The number of benzene rings is 1. The summed E-state index contributed by atoms with van der Waals surface area (Å²) in [7, 11) is -3.38. The van der Waals surface area contributed by atoms with Gasteiger partial charge < -0.3 is 5.32 Å². The summed E-state index contributed by atoms with van der Waals surface area (Å²) in [6, 6.07) is 7.53. The molecular formula is C13H18BrNO3S. The van der Waals surface area contributed by atoms with Crippen molar-refractivity contribution in [2.45, 2.75) is 31.6 Å². The minimum Gasteiger partial charge on any atom is -0.346 e. The van der Waals surface area contributed by atoms with Crippen molar-refractivity contribution in [2.24, 2.45) is 0 Å². The normalized spacial score (nSPS) is 13.9. The molecule has 0 heterocycles. The molecule has 19 heavy (non-hydrogen) atoms. The maximum absolute atomic E-state index is 11.9. The van der Waals surface area contributed by atoms with E-state index in [4.69, 9.17) is 0 Å². The molecule has 0 radical (unpaired) electrons. The topological polar surface area (TPSA) is 63.2 Å².